The maximum atomic E-state index is 13.1. The maximum absolute atomic E-state index is 13.1. The van der Waals surface area contributed by atoms with E-state index < -0.39 is 28.1 Å². The number of rotatable bonds is 5. The Kier molecular flexibility index (Phi) is 5.49. The number of phenolic OH excluding ortho intramolecular Hbond substituents is 1. The molecular formula is C21H18N5O5S+. The smallest absolute Gasteiger partial charge is 0.325 e. The average molecular weight is 452 g/mol. The highest BCUT2D eigenvalue weighted by Crippen LogP contribution is 2.39. The molecule has 11 heteroatoms. The summed E-state index contributed by atoms with van der Waals surface area (Å²) in [6, 6.07) is 10.7. The van der Waals surface area contributed by atoms with Gasteiger partial charge in [0.1, 0.15) is 0 Å². The van der Waals surface area contributed by atoms with Crippen LogP contribution in [0.3, 0.4) is 0 Å². The van der Waals surface area contributed by atoms with Gasteiger partial charge >= 0.3 is 16.9 Å². The van der Waals surface area contributed by atoms with Gasteiger partial charge in [-0.15, -0.1) is 6.58 Å². The number of nitrogens with one attached hydrogen (secondary N) is 1. The lowest BCUT2D eigenvalue weighted by Crippen LogP contribution is -2.60. The van der Waals surface area contributed by atoms with E-state index in [4.69, 9.17) is 0 Å². The lowest BCUT2D eigenvalue weighted by Gasteiger charge is -2.31. The molecule has 10 nitrogen and oxygen atoms in total. The number of H-pyrrole nitrogens is 1. The number of nitro benzene ring substituents is 1. The molecule has 0 aliphatic carbocycles. The van der Waals surface area contributed by atoms with Crippen molar-refractivity contribution in [1.82, 2.24) is 10.1 Å². The number of hydrogen-bond donors (Lipinski definition) is 2. The van der Waals surface area contributed by atoms with E-state index in [0.717, 1.165) is 0 Å². The molecule has 3 aromatic rings. The fraction of sp³-hybridized carbons (Fsp3) is 0.143. The van der Waals surface area contributed by atoms with Crippen molar-refractivity contribution in [2.75, 3.05) is 10.7 Å². The fourth-order valence-corrected chi connectivity index (χ4v) is 4.25. The molecule has 1 atom stereocenters. The highest BCUT2D eigenvalue weighted by Gasteiger charge is 2.45. The minimum absolute atomic E-state index is 0.210. The van der Waals surface area contributed by atoms with E-state index in [-0.39, 0.29) is 11.6 Å². The maximum Gasteiger partial charge on any atom is 0.325 e. The Morgan fingerprint density at radius 1 is 1.41 bits per heavy atom. The number of phenols is 1. The van der Waals surface area contributed by atoms with Gasteiger partial charge in [-0.1, -0.05) is 30.0 Å². The van der Waals surface area contributed by atoms with Crippen LogP contribution in [-0.2, 0) is 4.79 Å². The van der Waals surface area contributed by atoms with Gasteiger partial charge in [0.25, 0.3) is 6.17 Å². The molecule has 1 aromatic heterocycles. The zero-order valence-corrected chi connectivity index (χ0v) is 17.7. The summed E-state index contributed by atoms with van der Waals surface area (Å²) < 4.78 is 1.39. The summed E-state index contributed by atoms with van der Waals surface area (Å²) in [5.74, 6) is -0.362. The summed E-state index contributed by atoms with van der Waals surface area (Å²) >= 11 is 1.25. The third kappa shape index (κ3) is 3.52. The number of carbonyl (C=O) groups excluding carboxylic acids is 1. The number of aromatic hydroxyl groups is 1. The normalized spacial score (nSPS) is 14.4. The Labute approximate surface area is 186 Å². The van der Waals surface area contributed by atoms with Gasteiger partial charge in [0, 0.05) is 23.8 Å². The minimum atomic E-state index is -0.984. The van der Waals surface area contributed by atoms with Crippen molar-refractivity contribution in [3.8, 4) is 17.0 Å². The van der Waals surface area contributed by atoms with Crippen molar-refractivity contribution in [3.05, 3.63) is 81.2 Å². The van der Waals surface area contributed by atoms with E-state index >= 15 is 0 Å². The second-order valence-corrected chi connectivity index (χ2v) is 7.95. The van der Waals surface area contributed by atoms with Crippen molar-refractivity contribution in [1.29, 1.82) is 0 Å². The van der Waals surface area contributed by atoms with Crippen LogP contribution in [0, 0.1) is 10.1 Å². The van der Waals surface area contributed by atoms with Crippen LogP contribution in [0.2, 0.25) is 0 Å². The van der Waals surface area contributed by atoms with Gasteiger partial charge in [-0.2, -0.15) is 0 Å². The van der Waals surface area contributed by atoms with Gasteiger partial charge in [-0.3, -0.25) is 24.7 Å². The Morgan fingerprint density at radius 2 is 2.16 bits per heavy atom. The van der Waals surface area contributed by atoms with Crippen LogP contribution in [0.5, 0.6) is 5.75 Å². The van der Waals surface area contributed by atoms with Crippen LogP contribution >= 0.6 is 11.8 Å². The Bertz CT molecular complexity index is 1320. The van der Waals surface area contributed by atoms with Crippen LogP contribution in [0.15, 0.2) is 65.1 Å². The largest absolute Gasteiger partial charge is 0.502 e. The fourth-order valence-electron chi connectivity index (χ4n) is 3.66. The summed E-state index contributed by atoms with van der Waals surface area (Å²) in [4.78, 5) is 40.7. The first kappa shape index (κ1) is 21.2. The summed E-state index contributed by atoms with van der Waals surface area (Å²) in [7, 11) is 0. The standard InChI is InChI=1S/C21H17N5O5S/c1-3-10-32-21-22-19(29)18-14-6-4-5-7-15(14)24(12(2)27)20(25(18)23-21)13-8-9-17(28)16(11-13)26(30)31/h3-9,11,20H,1,10H2,2H3,(H-,22,23,28,29)/p+1/t20-/m0/s1. The van der Waals surface area contributed by atoms with Crippen LogP contribution in [0.1, 0.15) is 18.7 Å². The van der Waals surface area contributed by atoms with Crippen LogP contribution < -0.4 is 15.1 Å². The number of nitrogens with zero attached hydrogens (tertiary/aromatic N) is 4. The molecule has 0 bridgehead atoms. The van der Waals surface area contributed by atoms with Crippen LogP contribution in [-0.4, -0.2) is 31.8 Å². The summed E-state index contributed by atoms with van der Waals surface area (Å²) in [6.07, 6.45) is 0.675. The molecule has 4 rings (SSSR count). The van der Waals surface area contributed by atoms with E-state index in [1.165, 1.54) is 46.5 Å². The predicted molar refractivity (Wildman–Crippen MR) is 117 cm³/mol. The second-order valence-electron chi connectivity index (χ2n) is 6.94. The Balaban J connectivity index is 2.05. The van der Waals surface area contributed by atoms with Gasteiger partial charge in [0.2, 0.25) is 11.1 Å². The van der Waals surface area contributed by atoms with Gasteiger partial charge < -0.3 is 5.11 Å². The lowest BCUT2D eigenvalue weighted by atomic mass is 10.0. The first-order chi connectivity index (χ1) is 15.3. The average Bonchev–Trinajstić information content (AvgIpc) is 2.76. The number of thioether (sulfide) groups is 1. The van der Waals surface area contributed by atoms with Crippen LogP contribution in [0.4, 0.5) is 11.4 Å². The van der Waals surface area contributed by atoms with E-state index in [2.05, 4.69) is 16.7 Å². The summed E-state index contributed by atoms with van der Waals surface area (Å²) in [5.41, 5.74) is 0.560. The quantitative estimate of drug-likeness (QED) is 0.200. The SMILES string of the molecule is C=CCSc1n[n+]2c(c(=O)[nH]1)-c1ccccc1N(C(C)=O)[C@@H]2c1ccc(O)c([N+](=O)[O-])c1. The van der Waals surface area contributed by atoms with Gasteiger partial charge in [0.15, 0.2) is 5.75 Å². The molecule has 2 N–H and O–H groups in total. The van der Waals surface area contributed by atoms with Crippen molar-refractivity contribution in [2.45, 2.75) is 18.2 Å². The number of anilines is 1. The number of amides is 1. The van der Waals surface area contributed by atoms with E-state index in [0.29, 0.717) is 27.7 Å². The van der Waals surface area contributed by atoms with Crippen molar-refractivity contribution < 1.29 is 19.5 Å². The molecule has 0 radical (unpaired) electrons. The summed E-state index contributed by atoms with van der Waals surface area (Å²) in [6.45, 7) is 5.03. The molecule has 32 heavy (non-hydrogen) atoms. The molecule has 0 saturated heterocycles. The molecule has 0 spiro atoms. The molecule has 0 saturated carbocycles. The number of nitro groups is 1. The van der Waals surface area contributed by atoms with E-state index in [1.54, 1.807) is 30.3 Å². The molecule has 0 fully saturated rings. The van der Waals surface area contributed by atoms with Gasteiger partial charge in [0.05, 0.1) is 21.7 Å². The zero-order valence-electron chi connectivity index (χ0n) is 16.9. The Hall–Kier alpha value is -3.99. The highest BCUT2D eigenvalue weighted by atomic mass is 32.2. The molecule has 1 aliphatic rings. The molecule has 162 valence electrons. The minimum Gasteiger partial charge on any atom is -0.502 e. The topological polar surface area (TPSA) is 133 Å². The number of carbonyl (C=O) groups is 1. The van der Waals surface area contributed by atoms with E-state index in [9.17, 15) is 24.8 Å². The van der Waals surface area contributed by atoms with E-state index in [1.807, 2.05) is 0 Å². The molecule has 1 amide bonds. The van der Waals surface area contributed by atoms with Gasteiger partial charge in [-0.25, -0.2) is 4.90 Å². The predicted octanol–water partition coefficient (Wildman–Crippen LogP) is 2.53. The molecule has 0 unspecified atom stereocenters. The first-order valence-electron chi connectivity index (χ1n) is 9.49. The number of fused-ring (bicyclic) bond motifs is 3. The number of aromatic amines is 1. The number of benzene rings is 2. The number of hydrogen-bond acceptors (Lipinski definition) is 7. The van der Waals surface area contributed by atoms with Crippen LogP contribution in [0.25, 0.3) is 11.3 Å². The Morgan fingerprint density at radius 3 is 2.84 bits per heavy atom. The van der Waals surface area contributed by atoms with Crippen molar-refractivity contribution >= 4 is 29.0 Å². The number of para-hydroxylation sites is 1. The second kappa shape index (κ2) is 8.27. The summed E-state index contributed by atoms with van der Waals surface area (Å²) in [5, 5.41) is 26.2. The van der Waals surface area contributed by atoms with Crippen molar-refractivity contribution in [3.63, 3.8) is 0 Å². The molecular weight excluding hydrogens is 434 g/mol. The molecule has 2 aromatic carbocycles. The molecule has 1 aliphatic heterocycles. The molecule has 2 heterocycles. The third-order valence-corrected chi connectivity index (χ3v) is 5.79. The number of aromatic nitrogens is 3. The van der Waals surface area contributed by atoms with Crippen molar-refractivity contribution in [2.24, 2.45) is 0 Å². The highest BCUT2D eigenvalue weighted by molar-refractivity contribution is 7.99. The lowest BCUT2D eigenvalue weighted by molar-refractivity contribution is -0.763. The zero-order chi connectivity index (χ0) is 23.0. The monoisotopic (exact) mass is 452 g/mol. The third-order valence-electron chi connectivity index (χ3n) is 4.93. The van der Waals surface area contributed by atoms with Gasteiger partial charge in [-0.05, 0) is 28.9 Å². The first-order valence-corrected chi connectivity index (χ1v) is 10.5.